The molecule has 4 nitrogen and oxygen atoms in total. The molecule has 1 amide bonds. The summed E-state index contributed by atoms with van der Waals surface area (Å²) in [7, 11) is 0. The zero-order valence-corrected chi connectivity index (χ0v) is 12.9. The Morgan fingerprint density at radius 3 is 2.36 bits per heavy atom. The quantitative estimate of drug-likeness (QED) is 0.879. The minimum Gasteiger partial charge on any atom is -0.449 e. The van der Waals surface area contributed by atoms with E-state index in [1.807, 2.05) is 38.1 Å². The molecule has 1 N–H and O–H groups in total. The normalized spacial score (nSPS) is 11.6. The van der Waals surface area contributed by atoms with Crippen LogP contribution >= 0.6 is 0 Å². The van der Waals surface area contributed by atoms with Crippen molar-refractivity contribution < 1.29 is 14.3 Å². The molecule has 0 unspecified atom stereocenters. The molecule has 22 heavy (non-hydrogen) atoms. The molecule has 2 rings (SSSR count). The van der Waals surface area contributed by atoms with Gasteiger partial charge in [0, 0.05) is 5.69 Å². The summed E-state index contributed by atoms with van der Waals surface area (Å²) < 4.78 is 5.18. The lowest BCUT2D eigenvalue weighted by atomic mass is 10.1. The smallest absolute Gasteiger partial charge is 0.338 e. The number of hydrogen-bond acceptors (Lipinski definition) is 3. The van der Waals surface area contributed by atoms with Crippen LogP contribution in [0.1, 0.15) is 28.4 Å². The van der Waals surface area contributed by atoms with E-state index in [0.717, 1.165) is 16.8 Å². The lowest BCUT2D eigenvalue weighted by Gasteiger charge is -2.15. The molecule has 0 fully saturated rings. The first kappa shape index (κ1) is 15.8. The standard InChI is InChI=1S/C18H19NO3/c1-12-9-10-16(13(2)11-12)19-17(20)14(3)22-18(21)15-7-5-4-6-8-15/h4-11,14H,1-3H3,(H,19,20)/t14-/m1/s1. The number of benzene rings is 2. The number of amides is 1. The van der Waals surface area contributed by atoms with E-state index in [1.165, 1.54) is 0 Å². The van der Waals surface area contributed by atoms with E-state index in [1.54, 1.807) is 31.2 Å². The average molecular weight is 297 g/mol. The van der Waals surface area contributed by atoms with Crippen molar-refractivity contribution in [2.45, 2.75) is 26.9 Å². The number of nitrogens with one attached hydrogen (secondary N) is 1. The highest BCUT2D eigenvalue weighted by Gasteiger charge is 2.19. The minimum atomic E-state index is -0.867. The maximum Gasteiger partial charge on any atom is 0.338 e. The molecule has 0 spiro atoms. The van der Waals surface area contributed by atoms with Crippen LogP contribution in [0, 0.1) is 13.8 Å². The highest BCUT2D eigenvalue weighted by molar-refractivity contribution is 5.97. The van der Waals surface area contributed by atoms with Crippen molar-refractivity contribution in [3.63, 3.8) is 0 Å². The van der Waals surface area contributed by atoms with Crippen molar-refractivity contribution in [2.24, 2.45) is 0 Å². The third kappa shape index (κ3) is 3.95. The Bertz CT molecular complexity index is 680. The molecule has 114 valence electrons. The van der Waals surface area contributed by atoms with Gasteiger partial charge in [-0.3, -0.25) is 4.79 Å². The van der Waals surface area contributed by atoms with Crippen molar-refractivity contribution in [1.82, 2.24) is 0 Å². The van der Waals surface area contributed by atoms with Gasteiger partial charge >= 0.3 is 5.97 Å². The predicted molar refractivity (Wildman–Crippen MR) is 85.9 cm³/mol. The summed E-state index contributed by atoms with van der Waals surface area (Å²) in [4.78, 5) is 24.0. The van der Waals surface area contributed by atoms with Crippen LogP contribution in [0.15, 0.2) is 48.5 Å². The molecule has 4 heteroatoms. The summed E-state index contributed by atoms with van der Waals surface area (Å²) in [5.74, 6) is -0.861. The fourth-order valence-corrected chi connectivity index (χ4v) is 2.04. The Hall–Kier alpha value is -2.62. The molecular formula is C18H19NO3. The second-order valence-electron chi connectivity index (χ2n) is 5.22. The van der Waals surface area contributed by atoms with Crippen molar-refractivity contribution in [3.05, 3.63) is 65.2 Å². The number of rotatable bonds is 4. The van der Waals surface area contributed by atoms with E-state index in [0.29, 0.717) is 5.56 Å². The molecule has 0 heterocycles. The first-order valence-corrected chi connectivity index (χ1v) is 7.11. The first-order valence-electron chi connectivity index (χ1n) is 7.11. The lowest BCUT2D eigenvalue weighted by molar-refractivity contribution is -0.123. The highest BCUT2D eigenvalue weighted by atomic mass is 16.5. The minimum absolute atomic E-state index is 0.351. The van der Waals surface area contributed by atoms with E-state index >= 15 is 0 Å². The van der Waals surface area contributed by atoms with Gasteiger partial charge in [0.05, 0.1) is 5.56 Å². The molecule has 1 atom stereocenters. The van der Waals surface area contributed by atoms with E-state index in [4.69, 9.17) is 4.74 Å². The molecule has 0 aromatic heterocycles. The van der Waals surface area contributed by atoms with Gasteiger partial charge in [-0.2, -0.15) is 0 Å². The van der Waals surface area contributed by atoms with Crippen molar-refractivity contribution in [3.8, 4) is 0 Å². The fourth-order valence-electron chi connectivity index (χ4n) is 2.04. The molecule has 2 aromatic carbocycles. The zero-order chi connectivity index (χ0) is 16.1. The summed E-state index contributed by atoms with van der Waals surface area (Å²) in [6.07, 6.45) is -0.867. The van der Waals surface area contributed by atoms with Crippen LogP contribution in [0.2, 0.25) is 0 Å². The highest BCUT2D eigenvalue weighted by Crippen LogP contribution is 2.16. The molecule has 0 radical (unpaired) electrons. The second-order valence-corrected chi connectivity index (χ2v) is 5.22. The number of hydrogen-bond donors (Lipinski definition) is 1. The molecule has 2 aromatic rings. The SMILES string of the molecule is Cc1ccc(NC(=O)[C@@H](C)OC(=O)c2ccccc2)c(C)c1. The van der Waals surface area contributed by atoms with Gasteiger partial charge in [-0.15, -0.1) is 0 Å². The monoisotopic (exact) mass is 297 g/mol. The largest absolute Gasteiger partial charge is 0.449 e. The van der Waals surface area contributed by atoms with E-state index in [-0.39, 0.29) is 5.91 Å². The summed E-state index contributed by atoms with van der Waals surface area (Å²) in [6, 6.07) is 14.4. The third-order valence-corrected chi connectivity index (χ3v) is 3.30. The molecule has 0 aliphatic heterocycles. The Morgan fingerprint density at radius 2 is 1.73 bits per heavy atom. The predicted octanol–water partition coefficient (Wildman–Crippen LogP) is 3.49. The topological polar surface area (TPSA) is 55.4 Å². The van der Waals surface area contributed by atoms with Gasteiger partial charge in [0.2, 0.25) is 0 Å². The van der Waals surface area contributed by atoms with Crippen LogP contribution < -0.4 is 5.32 Å². The van der Waals surface area contributed by atoms with Gasteiger partial charge in [0.1, 0.15) is 0 Å². The average Bonchev–Trinajstić information content (AvgIpc) is 2.50. The van der Waals surface area contributed by atoms with Crippen molar-refractivity contribution >= 4 is 17.6 Å². The van der Waals surface area contributed by atoms with Crippen LogP contribution in [0.5, 0.6) is 0 Å². The van der Waals surface area contributed by atoms with Crippen LogP contribution in [0.25, 0.3) is 0 Å². The Morgan fingerprint density at radius 1 is 1.05 bits per heavy atom. The lowest BCUT2D eigenvalue weighted by Crippen LogP contribution is -2.30. The first-order chi connectivity index (χ1) is 10.5. The molecule has 0 bridgehead atoms. The summed E-state index contributed by atoms with van der Waals surface area (Å²) >= 11 is 0. The van der Waals surface area contributed by atoms with Gasteiger partial charge in [-0.05, 0) is 44.5 Å². The van der Waals surface area contributed by atoms with E-state index in [2.05, 4.69) is 5.32 Å². The maximum atomic E-state index is 12.1. The van der Waals surface area contributed by atoms with Crippen molar-refractivity contribution in [1.29, 1.82) is 0 Å². The molecular weight excluding hydrogens is 278 g/mol. The van der Waals surface area contributed by atoms with Gasteiger partial charge in [-0.1, -0.05) is 35.9 Å². The number of esters is 1. The Kier molecular flexibility index (Phi) is 4.94. The summed E-state index contributed by atoms with van der Waals surface area (Å²) in [6.45, 7) is 5.46. The second kappa shape index (κ2) is 6.89. The third-order valence-electron chi connectivity index (χ3n) is 3.30. The molecule has 0 aliphatic rings. The number of anilines is 1. The van der Waals surface area contributed by atoms with Gasteiger partial charge in [-0.25, -0.2) is 4.79 Å². The summed E-state index contributed by atoms with van der Waals surface area (Å²) in [5.41, 5.74) is 3.24. The van der Waals surface area contributed by atoms with Gasteiger partial charge < -0.3 is 10.1 Å². The number of aryl methyl sites for hydroxylation is 2. The molecule has 0 saturated heterocycles. The van der Waals surface area contributed by atoms with Gasteiger partial charge in [0.25, 0.3) is 5.91 Å². The molecule has 0 aliphatic carbocycles. The number of carbonyl (C=O) groups is 2. The Balaban J connectivity index is 1.99. The van der Waals surface area contributed by atoms with Crippen LogP contribution in [0.4, 0.5) is 5.69 Å². The maximum absolute atomic E-state index is 12.1. The van der Waals surface area contributed by atoms with Crippen LogP contribution in [-0.2, 0) is 9.53 Å². The van der Waals surface area contributed by atoms with Crippen LogP contribution in [-0.4, -0.2) is 18.0 Å². The molecule has 0 saturated carbocycles. The van der Waals surface area contributed by atoms with Gasteiger partial charge in [0.15, 0.2) is 6.10 Å². The van der Waals surface area contributed by atoms with E-state index < -0.39 is 12.1 Å². The number of ether oxygens (including phenoxy) is 1. The Labute approximate surface area is 130 Å². The zero-order valence-electron chi connectivity index (χ0n) is 12.9. The van der Waals surface area contributed by atoms with E-state index in [9.17, 15) is 9.59 Å². The fraction of sp³-hybridized carbons (Fsp3) is 0.222. The number of carbonyl (C=O) groups excluding carboxylic acids is 2. The van der Waals surface area contributed by atoms with Crippen molar-refractivity contribution in [2.75, 3.05) is 5.32 Å². The summed E-state index contributed by atoms with van der Waals surface area (Å²) in [5, 5.41) is 2.78. The van der Waals surface area contributed by atoms with Crippen LogP contribution in [0.3, 0.4) is 0 Å².